The van der Waals surface area contributed by atoms with Gasteiger partial charge in [-0.05, 0) is 44.7 Å². The number of piperidine rings is 1. The molecule has 1 saturated heterocycles. The number of hydrogen-bond donors (Lipinski definition) is 0. The Bertz CT molecular complexity index is 462. The average molecular weight is 260 g/mol. The lowest BCUT2D eigenvalue weighted by molar-refractivity contribution is -0.0925. The molecule has 0 bridgehead atoms. The van der Waals surface area contributed by atoms with Gasteiger partial charge in [-0.1, -0.05) is 6.92 Å². The molecule has 104 valence electrons. The van der Waals surface area contributed by atoms with Crippen molar-refractivity contribution in [2.45, 2.75) is 57.8 Å². The van der Waals surface area contributed by atoms with Crippen molar-refractivity contribution in [3.63, 3.8) is 0 Å². The highest BCUT2D eigenvalue weighted by Crippen LogP contribution is 2.44. The first-order chi connectivity index (χ1) is 9.07. The highest BCUT2D eigenvalue weighted by atomic mass is 16.5. The quantitative estimate of drug-likeness (QED) is 0.817. The van der Waals surface area contributed by atoms with Gasteiger partial charge in [-0.3, -0.25) is 9.88 Å². The van der Waals surface area contributed by atoms with Crippen molar-refractivity contribution in [3.8, 4) is 0 Å². The lowest BCUT2D eigenvalue weighted by Crippen LogP contribution is -2.51. The van der Waals surface area contributed by atoms with Gasteiger partial charge >= 0.3 is 0 Å². The summed E-state index contributed by atoms with van der Waals surface area (Å²) in [6.07, 6.45) is 7.27. The Kier molecular flexibility index (Phi) is 3.14. The van der Waals surface area contributed by atoms with E-state index in [4.69, 9.17) is 4.74 Å². The summed E-state index contributed by atoms with van der Waals surface area (Å²) in [6.45, 7) is 9.96. The fourth-order valence-corrected chi connectivity index (χ4v) is 3.36. The number of pyridine rings is 1. The number of rotatable bonds is 2. The maximum absolute atomic E-state index is 6.18. The molecule has 0 unspecified atom stereocenters. The summed E-state index contributed by atoms with van der Waals surface area (Å²) in [4.78, 5) is 6.90. The van der Waals surface area contributed by atoms with Crippen molar-refractivity contribution in [2.75, 3.05) is 13.1 Å². The third-order valence-corrected chi connectivity index (χ3v) is 5.20. The summed E-state index contributed by atoms with van der Waals surface area (Å²) < 4.78 is 6.18. The van der Waals surface area contributed by atoms with Crippen molar-refractivity contribution in [3.05, 3.63) is 29.6 Å². The van der Waals surface area contributed by atoms with E-state index in [1.54, 1.807) is 0 Å². The van der Waals surface area contributed by atoms with Crippen LogP contribution in [0.4, 0.5) is 0 Å². The second kappa shape index (κ2) is 4.57. The van der Waals surface area contributed by atoms with E-state index in [0.29, 0.717) is 5.54 Å². The molecule has 0 aliphatic carbocycles. The second-order valence-corrected chi connectivity index (χ2v) is 6.47. The maximum Gasteiger partial charge on any atom is 0.0978 e. The van der Waals surface area contributed by atoms with Crippen LogP contribution in [0.25, 0.3) is 0 Å². The molecule has 0 amide bonds. The number of ether oxygens (including phenoxy) is 1. The fourth-order valence-electron chi connectivity index (χ4n) is 3.36. The molecule has 1 spiro atoms. The van der Waals surface area contributed by atoms with Crippen molar-refractivity contribution in [1.82, 2.24) is 9.88 Å². The molecule has 3 nitrogen and oxygen atoms in total. The standard InChI is InChI=1S/C16H24N2O/c1-4-15(2,3)18-9-6-16(7-10-18)14-11-17-8-5-13(14)12-19-16/h5,8,11H,4,6-7,9-10,12H2,1-3H3. The molecule has 0 aromatic carbocycles. The molecule has 3 heteroatoms. The Morgan fingerprint density at radius 2 is 2.11 bits per heavy atom. The van der Waals surface area contributed by atoms with Gasteiger partial charge in [0.05, 0.1) is 12.2 Å². The first kappa shape index (κ1) is 13.1. The largest absolute Gasteiger partial charge is 0.365 e. The average Bonchev–Trinajstić information content (AvgIpc) is 2.79. The van der Waals surface area contributed by atoms with Crippen molar-refractivity contribution in [2.24, 2.45) is 0 Å². The third kappa shape index (κ3) is 2.09. The lowest BCUT2D eigenvalue weighted by Gasteiger charge is -2.46. The normalized spacial score (nSPS) is 22.7. The predicted molar refractivity (Wildman–Crippen MR) is 75.9 cm³/mol. The predicted octanol–water partition coefficient (Wildman–Crippen LogP) is 3.09. The van der Waals surface area contributed by atoms with Gasteiger partial charge in [-0.15, -0.1) is 0 Å². The SMILES string of the molecule is CCC(C)(C)N1CCC2(CC1)OCc1ccncc12. The molecule has 0 atom stereocenters. The van der Waals surface area contributed by atoms with Gasteiger partial charge in [0, 0.05) is 36.6 Å². The fraction of sp³-hybridized carbons (Fsp3) is 0.688. The van der Waals surface area contributed by atoms with E-state index in [9.17, 15) is 0 Å². The number of fused-ring (bicyclic) bond motifs is 2. The summed E-state index contributed by atoms with van der Waals surface area (Å²) in [7, 11) is 0. The van der Waals surface area contributed by atoms with Gasteiger partial charge in [-0.25, -0.2) is 0 Å². The van der Waals surface area contributed by atoms with E-state index in [1.807, 2.05) is 12.4 Å². The Balaban J connectivity index is 1.78. The Morgan fingerprint density at radius 1 is 1.37 bits per heavy atom. The monoisotopic (exact) mass is 260 g/mol. The number of hydrogen-bond acceptors (Lipinski definition) is 3. The molecular formula is C16H24N2O. The number of aromatic nitrogens is 1. The van der Waals surface area contributed by atoms with Gasteiger partial charge in [0.15, 0.2) is 0 Å². The summed E-state index contributed by atoms with van der Waals surface area (Å²) >= 11 is 0. The molecule has 0 N–H and O–H groups in total. The summed E-state index contributed by atoms with van der Waals surface area (Å²) in [5.74, 6) is 0. The molecule has 1 aromatic rings. The highest BCUT2D eigenvalue weighted by molar-refractivity contribution is 5.33. The summed E-state index contributed by atoms with van der Waals surface area (Å²) in [6, 6.07) is 2.10. The van der Waals surface area contributed by atoms with Gasteiger partial charge in [0.25, 0.3) is 0 Å². The minimum Gasteiger partial charge on any atom is -0.365 e. The molecule has 1 fully saturated rings. The van der Waals surface area contributed by atoms with Crippen LogP contribution >= 0.6 is 0 Å². The second-order valence-electron chi connectivity index (χ2n) is 6.47. The first-order valence-corrected chi connectivity index (χ1v) is 7.40. The smallest absolute Gasteiger partial charge is 0.0978 e. The highest BCUT2D eigenvalue weighted by Gasteiger charge is 2.44. The van der Waals surface area contributed by atoms with E-state index in [1.165, 1.54) is 17.5 Å². The van der Waals surface area contributed by atoms with E-state index < -0.39 is 0 Å². The molecule has 0 radical (unpaired) electrons. The van der Waals surface area contributed by atoms with Crippen molar-refractivity contribution < 1.29 is 4.74 Å². The van der Waals surface area contributed by atoms with Crippen molar-refractivity contribution in [1.29, 1.82) is 0 Å². The molecule has 19 heavy (non-hydrogen) atoms. The topological polar surface area (TPSA) is 25.4 Å². The zero-order valence-corrected chi connectivity index (χ0v) is 12.3. The van der Waals surface area contributed by atoms with E-state index in [2.05, 4.69) is 36.7 Å². The first-order valence-electron chi connectivity index (χ1n) is 7.40. The molecular weight excluding hydrogens is 236 g/mol. The molecule has 3 heterocycles. The molecule has 0 saturated carbocycles. The zero-order valence-electron chi connectivity index (χ0n) is 12.3. The zero-order chi connectivity index (χ0) is 13.5. The number of nitrogens with zero attached hydrogens (tertiary/aromatic N) is 2. The summed E-state index contributed by atoms with van der Waals surface area (Å²) in [5, 5.41) is 0. The van der Waals surface area contributed by atoms with Crippen LogP contribution in [0.5, 0.6) is 0 Å². The van der Waals surface area contributed by atoms with Crippen LogP contribution in [0.3, 0.4) is 0 Å². The van der Waals surface area contributed by atoms with Crippen LogP contribution in [0, 0.1) is 0 Å². The van der Waals surface area contributed by atoms with Crippen LogP contribution < -0.4 is 0 Å². The Hall–Kier alpha value is -0.930. The molecule has 2 aliphatic rings. The van der Waals surface area contributed by atoms with E-state index in [0.717, 1.165) is 32.5 Å². The van der Waals surface area contributed by atoms with Gasteiger partial charge in [0.2, 0.25) is 0 Å². The Labute approximate surface area is 116 Å². The maximum atomic E-state index is 6.18. The van der Waals surface area contributed by atoms with Crippen LogP contribution in [0.15, 0.2) is 18.5 Å². The van der Waals surface area contributed by atoms with E-state index >= 15 is 0 Å². The number of likely N-dealkylation sites (tertiary alicyclic amines) is 1. The summed E-state index contributed by atoms with van der Waals surface area (Å²) in [5.41, 5.74) is 2.92. The minimum atomic E-state index is -0.0517. The third-order valence-electron chi connectivity index (χ3n) is 5.20. The molecule has 2 aliphatic heterocycles. The van der Waals surface area contributed by atoms with Crippen molar-refractivity contribution >= 4 is 0 Å². The van der Waals surface area contributed by atoms with Crippen LogP contribution in [-0.2, 0) is 16.9 Å². The molecule has 3 rings (SSSR count). The van der Waals surface area contributed by atoms with E-state index in [-0.39, 0.29) is 5.60 Å². The molecule has 1 aromatic heterocycles. The van der Waals surface area contributed by atoms with Gasteiger partial charge in [-0.2, -0.15) is 0 Å². The van der Waals surface area contributed by atoms with Crippen LogP contribution in [0.1, 0.15) is 51.2 Å². The minimum absolute atomic E-state index is 0.0517. The Morgan fingerprint density at radius 3 is 2.79 bits per heavy atom. The van der Waals surface area contributed by atoms with Gasteiger partial charge in [0.1, 0.15) is 0 Å². The lowest BCUT2D eigenvalue weighted by atomic mass is 9.83. The van der Waals surface area contributed by atoms with Crippen LogP contribution in [0.2, 0.25) is 0 Å². The van der Waals surface area contributed by atoms with Crippen LogP contribution in [-0.4, -0.2) is 28.5 Å². The van der Waals surface area contributed by atoms with Gasteiger partial charge < -0.3 is 4.74 Å².